The maximum absolute atomic E-state index is 13.4. The molecule has 1 saturated heterocycles. The Morgan fingerprint density at radius 1 is 1.18 bits per heavy atom. The largest absolute Gasteiger partial charge is 0.467 e. The first-order chi connectivity index (χ1) is 18.6. The van der Waals surface area contributed by atoms with Gasteiger partial charge < -0.3 is 20.1 Å². The molecule has 2 amide bonds. The maximum atomic E-state index is 13.4. The first-order valence-electron chi connectivity index (χ1n) is 11.6. The SMILES string of the molecule is COc1ncc(C(=O)N=C[C@@]2(C(=O)NCc3ccc(Nc4ccc(Cl)cc4C(F)(F)F)cc3)CCOC2)cn1. The third kappa shape index (κ3) is 6.89. The lowest BCUT2D eigenvalue weighted by Crippen LogP contribution is -2.42. The van der Waals surface area contributed by atoms with Crippen molar-refractivity contribution >= 4 is 41.0 Å². The number of rotatable bonds is 8. The van der Waals surface area contributed by atoms with Crippen LogP contribution in [0, 0.1) is 5.41 Å². The highest BCUT2D eigenvalue weighted by molar-refractivity contribution is 6.30. The average Bonchev–Trinajstić information content (AvgIpc) is 3.42. The standard InChI is InChI=1S/C26H23ClF3N5O4/c1-38-24-32-12-17(13-33-24)22(36)34-14-25(8-9-39-15-25)23(37)31-11-16-2-5-19(6-3-16)35-21-7-4-18(27)10-20(21)26(28,29)30/h2-7,10,12-14,35H,8-9,11,15H2,1H3,(H,31,37)/t25-/m0/s1. The normalized spacial score (nSPS) is 17.3. The van der Waals surface area contributed by atoms with Gasteiger partial charge in [-0.15, -0.1) is 0 Å². The number of carbonyl (C=O) groups excluding carboxylic acids is 2. The highest BCUT2D eigenvalue weighted by Gasteiger charge is 2.41. The second-order valence-electron chi connectivity index (χ2n) is 8.67. The topological polar surface area (TPSA) is 115 Å². The van der Waals surface area contributed by atoms with Gasteiger partial charge >= 0.3 is 12.2 Å². The summed E-state index contributed by atoms with van der Waals surface area (Å²) >= 11 is 5.73. The molecule has 1 aromatic heterocycles. The van der Waals surface area contributed by atoms with Gasteiger partial charge in [-0.1, -0.05) is 23.7 Å². The summed E-state index contributed by atoms with van der Waals surface area (Å²) in [6.07, 6.45) is -0.398. The van der Waals surface area contributed by atoms with E-state index in [1.807, 2.05) is 0 Å². The van der Waals surface area contributed by atoms with Crippen LogP contribution in [0.4, 0.5) is 24.5 Å². The van der Waals surface area contributed by atoms with Crippen LogP contribution in [0.2, 0.25) is 5.02 Å². The number of hydrogen-bond acceptors (Lipinski definition) is 7. The fourth-order valence-corrected chi connectivity index (χ4v) is 3.96. The van der Waals surface area contributed by atoms with Gasteiger partial charge in [-0.05, 0) is 42.3 Å². The molecule has 0 radical (unpaired) electrons. The smallest absolute Gasteiger partial charge is 0.418 e. The second kappa shape index (κ2) is 11.8. The Hall–Kier alpha value is -4.03. The van der Waals surface area contributed by atoms with Gasteiger partial charge in [0.05, 0.1) is 30.5 Å². The van der Waals surface area contributed by atoms with Gasteiger partial charge in [0.2, 0.25) is 5.91 Å². The molecule has 0 saturated carbocycles. The summed E-state index contributed by atoms with van der Waals surface area (Å²) in [6, 6.07) is 10.1. The number of ether oxygens (including phenoxy) is 2. The Labute approximate surface area is 226 Å². The summed E-state index contributed by atoms with van der Waals surface area (Å²) in [5.41, 5.74) is -0.879. The van der Waals surface area contributed by atoms with Gasteiger partial charge in [0.25, 0.3) is 5.91 Å². The van der Waals surface area contributed by atoms with Crippen molar-refractivity contribution in [3.8, 4) is 6.01 Å². The molecule has 0 spiro atoms. The van der Waals surface area contributed by atoms with Gasteiger partial charge in [0.15, 0.2) is 0 Å². The van der Waals surface area contributed by atoms with E-state index in [9.17, 15) is 22.8 Å². The quantitative estimate of drug-likeness (QED) is 0.378. The van der Waals surface area contributed by atoms with Crippen molar-refractivity contribution in [1.82, 2.24) is 15.3 Å². The van der Waals surface area contributed by atoms with Crippen LogP contribution in [0.5, 0.6) is 6.01 Å². The lowest BCUT2D eigenvalue weighted by atomic mass is 9.87. The summed E-state index contributed by atoms with van der Waals surface area (Å²) in [6.45, 7) is 0.522. The maximum Gasteiger partial charge on any atom is 0.418 e. The van der Waals surface area contributed by atoms with Crippen molar-refractivity contribution in [2.24, 2.45) is 10.4 Å². The van der Waals surface area contributed by atoms with Crippen LogP contribution in [-0.4, -0.2) is 48.3 Å². The van der Waals surface area contributed by atoms with Gasteiger partial charge in [0.1, 0.15) is 5.41 Å². The van der Waals surface area contributed by atoms with Crippen LogP contribution < -0.4 is 15.4 Å². The number of benzene rings is 2. The number of hydrogen-bond donors (Lipinski definition) is 2. The van der Waals surface area contributed by atoms with Crippen LogP contribution >= 0.6 is 11.6 Å². The fraction of sp³-hybridized carbons (Fsp3) is 0.269. The van der Waals surface area contributed by atoms with Crippen molar-refractivity contribution in [2.75, 3.05) is 25.6 Å². The highest BCUT2D eigenvalue weighted by Crippen LogP contribution is 2.37. The molecule has 0 aliphatic carbocycles. The Balaban J connectivity index is 1.39. The number of halogens is 4. The molecule has 1 aliphatic heterocycles. The van der Waals surface area contributed by atoms with E-state index in [4.69, 9.17) is 21.1 Å². The zero-order chi connectivity index (χ0) is 28.0. The summed E-state index contributed by atoms with van der Waals surface area (Å²) in [7, 11) is 1.40. The number of aliphatic imine (C=N–C) groups is 1. The van der Waals surface area contributed by atoms with Crippen molar-refractivity contribution in [2.45, 2.75) is 19.1 Å². The Kier molecular flexibility index (Phi) is 8.46. The van der Waals surface area contributed by atoms with Crippen LogP contribution in [-0.2, 0) is 22.3 Å². The summed E-state index contributed by atoms with van der Waals surface area (Å²) < 4.78 is 50.4. The molecule has 2 aromatic carbocycles. The molecule has 2 heterocycles. The number of carbonyl (C=O) groups is 2. The van der Waals surface area contributed by atoms with Crippen molar-refractivity contribution < 1.29 is 32.2 Å². The Morgan fingerprint density at radius 2 is 1.90 bits per heavy atom. The average molecular weight is 562 g/mol. The number of nitrogens with one attached hydrogen (secondary N) is 2. The molecule has 39 heavy (non-hydrogen) atoms. The number of alkyl halides is 3. The highest BCUT2D eigenvalue weighted by atomic mass is 35.5. The zero-order valence-electron chi connectivity index (χ0n) is 20.6. The molecule has 2 N–H and O–H groups in total. The van der Waals surface area contributed by atoms with Crippen LogP contribution in [0.3, 0.4) is 0 Å². The molecule has 1 fully saturated rings. The lowest BCUT2D eigenvalue weighted by molar-refractivity contribution is -0.137. The summed E-state index contributed by atoms with van der Waals surface area (Å²) in [5, 5.41) is 5.55. The van der Waals surface area contributed by atoms with E-state index in [-0.39, 0.29) is 41.3 Å². The summed E-state index contributed by atoms with van der Waals surface area (Å²) in [4.78, 5) is 37.2. The van der Waals surface area contributed by atoms with E-state index in [0.717, 1.165) is 6.07 Å². The third-order valence-corrected chi connectivity index (χ3v) is 6.20. The lowest BCUT2D eigenvalue weighted by Gasteiger charge is -2.21. The summed E-state index contributed by atoms with van der Waals surface area (Å²) in [5.74, 6) is -0.991. The molecule has 1 atom stereocenters. The molecule has 9 nitrogen and oxygen atoms in total. The number of aromatic nitrogens is 2. The molecule has 3 aromatic rings. The number of anilines is 2. The molecule has 4 rings (SSSR count). The molecule has 1 aliphatic rings. The first kappa shape index (κ1) is 28.0. The minimum Gasteiger partial charge on any atom is -0.467 e. The minimum absolute atomic E-state index is 0.0199. The van der Waals surface area contributed by atoms with E-state index in [2.05, 4.69) is 25.6 Å². The molecular formula is C26H23ClF3N5O4. The Morgan fingerprint density at radius 3 is 2.51 bits per heavy atom. The molecule has 0 bridgehead atoms. The second-order valence-corrected chi connectivity index (χ2v) is 9.11. The number of amides is 2. The Bertz CT molecular complexity index is 1360. The molecule has 0 unspecified atom stereocenters. The predicted molar refractivity (Wildman–Crippen MR) is 137 cm³/mol. The monoisotopic (exact) mass is 561 g/mol. The van der Waals surface area contributed by atoms with E-state index in [1.165, 1.54) is 37.9 Å². The molecule has 13 heteroatoms. The first-order valence-corrected chi connectivity index (χ1v) is 12.0. The number of nitrogens with zero attached hydrogens (tertiary/aromatic N) is 3. The van der Waals surface area contributed by atoms with Gasteiger partial charge in [0, 0.05) is 42.5 Å². The van der Waals surface area contributed by atoms with E-state index in [0.29, 0.717) is 24.3 Å². The van der Waals surface area contributed by atoms with Gasteiger partial charge in [-0.25, -0.2) is 15.0 Å². The van der Waals surface area contributed by atoms with Gasteiger partial charge in [-0.2, -0.15) is 13.2 Å². The van der Waals surface area contributed by atoms with Crippen LogP contribution in [0.25, 0.3) is 0 Å². The van der Waals surface area contributed by atoms with E-state index < -0.39 is 23.1 Å². The van der Waals surface area contributed by atoms with E-state index >= 15 is 0 Å². The minimum atomic E-state index is -4.58. The molecular weight excluding hydrogens is 539 g/mol. The molecule has 204 valence electrons. The van der Waals surface area contributed by atoms with Gasteiger partial charge in [-0.3, -0.25) is 9.59 Å². The van der Waals surface area contributed by atoms with Crippen molar-refractivity contribution in [1.29, 1.82) is 0 Å². The zero-order valence-corrected chi connectivity index (χ0v) is 21.3. The third-order valence-electron chi connectivity index (χ3n) is 5.96. The number of methoxy groups -OCH3 is 1. The fourth-order valence-electron chi connectivity index (χ4n) is 3.79. The van der Waals surface area contributed by atoms with E-state index in [1.54, 1.807) is 24.3 Å². The predicted octanol–water partition coefficient (Wildman–Crippen LogP) is 4.84. The van der Waals surface area contributed by atoms with Crippen molar-refractivity contribution in [3.63, 3.8) is 0 Å². The van der Waals surface area contributed by atoms with Crippen molar-refractivity contribution in [3.05, 3.63) is 76.6 Å². The van der Waals surface area contributed by atoms with Crippen LogP contribution in [0.15, 0.2) is 59.9 Å². The van der Waals surface area contributed by atoms with Crippen LogP contribution in [0.1, 0.15) is 27.9 Å².